The maximum absolute atomic E-state index is 14.8. The van der Waals surface area contributed by atoms with Crippen molar-refractivity contribution >= 4 is 29.3 Å². The zero-order valence-corrected chi connectivity index (χ0v) is 16.8. The molecular weight excluding hydrogens is 399 g/mol. The molecule has 1 aromatic rings. The Kier molecular flexibility index (Phi) is 6.73. The fourth-order valence-electron chi connectivity index (χ4n) is 3.52. The summed E-state index contributed by atoms with van der Waals surface area (Å²) < 4.78 is 24.7. The Hall–Kier alpha value is -2.92. The smallest absolute Gasteiger partial charge is 0.414 e. The SMILES string of the molecule is COCC(=O)N[C@@H]1CN(c2ccc(N3C[C@H](CNC(C)=O)OC3=O)cc2F)C[C@H]1O. The minimum Gasteiger partial charge on any atom is -0.442 e. The number of nitrogens with zero attached hydrogens (tertiary/aromatic N) is 2. The molecule has 164 valence electrons. The molecule has 3 amide bonds. The lowest BCUT2D eigenvalue weighted by atomic mass is 10.2. The molecule has 0 aromatic heterocycles. The molecule has 0 spiro atoms. The fraction of sp³-hybridized carbons (Fsp3) is 0.526. The molecule has 2 aliphatic rings. The van der Waals surface area contributed by atoms with E-state index in [4.69, 9.17) is 9.47 Å². The second-order valence-corrected chi connectivity index (χ2v) is 7.27. The van der Waals surface area contributed by atoms with E-state index in [-0.39, 0.29) is 50.3 Å². The summed E-state index contributed by atoms with van der Waals surface area (Å²) in [5.74, 6) is -1.16. The zero-order chi connectivity index (χ0) is 21.8. The van der Waals surface area contributed by atoms with E-state index in [2.05, 4.69) is 10.6 Å². The molecule has 0 unspecified atom stereocenters. The number of nitrogens with one attached hydrogen (secondary N) is 2. The molecule has 3 N–H and O–H groups in total. The summed E-state index contributed by atoms with van der Waals surface area (Å²) in [5.41, 5.74) is 0.583. The van der Waals surface area contributed by atoms with Gasteiger partial charge < -0.3 is 30.1 Å². The van der Waals surface area contributed by atoms with E-state index in [1.165, 1.54) is 31.1 Å². The monoisotopic (exact) mass is 424 g/mol. The molecule has 2 fully saturated rings. The zero-order valence-electron chi connectivity index (χ0n) is 16.8. The first-order valence-electron chi connectivity index (χ1n) is 9.52. The van der Waals surface area contributed by atoms with Crippen LogP contribution in [-0.2, 0) is 19.1 Å². The van der Waals surface area contributed by atoms with Crippen molar-refractivity contribution in [1.82, 2.24) is 10.6 Å². The number of amides is 3. The van der Waals surface area contributed by atoms with Crippen LogP contribution in [-0.4, -0.2) is 81.2 Å². The fourth-order valence-corrected chi connectivity index (χ4v) is 3.52. The Morgan fingerprint density at radius 1 is 1.33 bits per heavy atom. The highest BCUT2D eigenvalue weighted by molar-refractivity contribution is 5.90. The van der Waals surface area contributed by atoms with Crippen LogP contribution in [0.2, 0.25) is 0 Å². The van der Waals surface area contributed by atoms with Crippen LogP contribution in [0.5, 0.6) is 0 Å². The molecule has 2 aliphatic heterocycles. The maximum Gasteiger partial charge on any atom is 0.414 e. The predicted octanol–water partition coefficient (Wildman–Crippen LogP) is -0.401. The van der Waals surface area contributed by atoms with Gasteiger partial charge in [-0.05, 0) is 18.2 Å². The number of ether oxygens (including phenoxy) is 2. The minimum atomic E-state index is -0.854. The quantitative estimate of drug-likeness (QED) is 0.545. The normalized spacial score (nSPS) is 23.5. The van der Waals surface area contributed by atoms with E-state index in [0.29, 0.717) is 5.69 Å². The van der Waals surface area contributed by atoms with Crippen LogP contribution in [0.25, 0.3) is 0 Å². The van der Waals surface area contributed by atoms with Crippen LogP contribution in [0.15, 0.2) is 18.2 Å². The molecule has 2 saturated heterocycles. The molecule has 2 heterocycles. The number of carbonyl (C=O) groups excluding carboxylic acids is 3. The number of methoxy groups -OCH3 is 1. The van der Waals surface area contributed by atoms with Gasteiger partial charge in [0.25, 0.3) is 0 Å². The average molecular weight is 424 g/mol. The number of benzene rings is 1. The topological polar surface area (TPSA) is 120 Å². The van der Waals surface area contributed by atoms with Gasteiger partial charge in [-0.15, -0.1) is 0 Å². The van der Waals surface area contributed by atoms with Crippen molar-refractivity contribution in [1.29, 1.82) is 0 Å². The Morgan fingerprint density at radius 3 is 2.77 bits per heavy atom. The number of cyclic esters (lactones) is 1. The van der Waals surface area contributed by atoms with Crippen molar-refractivity contribution in [3.8, 4) is 0 Å². The highest BCUT2D eigenvalue weighted by Gasteiger charge is 2.35. The number of rotatable bonds is 7. The van der Waals surface area contributed by atoms with Crippen LogP contribution < -0.4 is 20.4 Å². The van der Waals surface area contributed by atoms with Crippen molar-refractivity contribution in [3.05, 3.63) is 24.0 Å². The summed E-state index contributed by atoms with van der Waals surface area (Å²) in [7, 11) is 1.39. The van der Waals surface area contributed by atoms with Crippen LogP contribution in [0.1, 0.15) is 6.92 Å². The van der Waals surface area contributed by atoms with Gasteiger partial charge in [0.2, 0.25) is 11.8 Å². The van der Waals surface area contributed by atoms with Crippen molar-refractivity contribution in [3.63, 3.8) is 0 Å². The standard InChI is InChI=1S/C19H25FN4O6/c1-11(25)21-6-13-7-24(19(28)30-13)12-3-4-16(14(20)5-12)23-8-15(17(26)9-23)22-18(27)10-29-2/h3-5,13,15,17,26H,6-10H2,1-2H3,(H,21,25)(H,22,27)/t13-,15+,17+/m0/s1. The molecule has 30 heavy (non-hydrogen) atoms. The summed E-state index contributed by atoms with van der Waals surface area (Å²) >= 11 is 0. The van der Waals surface area contributed by atoms with E-state index < -0.39 is 30.2 Å². The number of aliphatic hydroxyl groups is 1. The van der Waals surface area contributed by atoms with E-state index in [9.17, 15) is 23.9 Å². The third-order valence-corrected chi connectivity index (χ3v) is 4.95. The Morgan fingerprint density at radius 2 is 2.10 bits per heavy atom. The second-order valence-electron chi connectivity index (χ2n) is 7.27. The first kappa shape index (κ1) is 21.8. The molecular formula is C19H25FN4O6. The molecule has 11 heteroatoms. The van der Waals surface area contributed by atoms with E-state index in [0.717, 1.165) is 0 Å². The third-order valence-electron chi connectivity index (χ3n) is 4.95. The molecule has 10 nitrogen and oxygen atoms in total. The van der Waals surface area contributed by atoms with Crippen molar-refractivity contribution in [2.24, 2.45) is 0 Å². The lowest BCUT2D eigenvalue weighted by molar-refractivity contribution is -0.126. The van der Waals surface area contributed by atoms with Crippen LogP contribution in [0, 0.1) is 5.82 Å². The number of carbonyl (C=O) groups is 3. The minimum absolute atomic E-state index is 0.124. The van der Waals surface area contributed by atoms with Crippen molar-refractivity contribution in [2.45, 2.75) is 25.2 Å². The van der Waals surface area contributed by atoms with Crippen molar-refractivity contribution < 1.29 is 33.4 Å². The molecule has 0 saturated carbocycles. The molecule has 0 radical (unpaired) electrons. The summed E-state index contributed by atoms with van der Waals surface area (Å²) in [6, 6.07) is 3.78. The second kappa shape index (κ2) is 9.26. The number of hydrogen-bond acceptors (Lipinski definition) is 7. The number of β-amino-alcohol motifs (C(OH)–C–C–N with tert-alkyl or cyclic N) is 1. The van der Waals surface area contributed by atoms with E-state index >= 15 is 0 Å². The lowest BCUT2D eigenvalue weighted by Gasteiger charge is -2.21. The molecule has 0 bridgehead atoms. The average Bonchev–Trinajstić information content (AvgIpc) is 3.22. The highest BCUT2D eigenvalue weighted by Crippen LogP contribution is 2.29. The van der Waals surface area contributed by atoms with Crippen LogP contribution in [0.3, 0.4) is 0 Å². The van der Waals surface area contributed by atoms with Crippen LogP contribution >= 0.6 is 0 Å². The number of halogens is 1. The number of aliphatic hydroxyl groups excluding tert-OH is 1. The summed E-state index contributed by atoms with van der Waals surface area (Å²) in [5, 5.41) is 15.4. The van der Waals surface area contributed by atoms with Gasteiger partial charge in [0.15, 0.2) is 0 Å². The first-order chi connectivity index (χ1) is 14.3. The lowest BCUT2D eigenvalue weighted by Crippen LogP contribution is -2.44. The molecule has 1 aromatic carbocycles. The van der Waals surface area contributed by atoms with Crippen LogP contribution in [0.4, 0.5) is 20.6 Å². The number of anilines is 2. The molecule has 0 aliphatic carbocycles. The van der Waals surface area contributed by atoms with E-state index in [1.54, 1.807) is 11.0 Å². The van der Waals surface area contributed by atoms with Gasteiger partial charge in [0.05, 0.1) is 36.6 Å². The van der Waals surface area contributed by atoms with Gasteiger partial charge in [-0.1, -0.05) is 0 Å². The highest BCUT2D eigenvalue weighted by atomic mass is 19.1. The van der Waals surface area contributed by atoms with Gasteiger partial charge in [-0.3, -0.25) is 14.5 Å². The largest absolute Gasteiger partial charge is 0.442 e. The first-order valence-corrected chi connectivity index (χ1v) is 9.52. The van der Waals surface area contributed by atoms with E-state index in [1.807, 2.05) is 0 Å². The van der Waals surface area contributed by atoms with Gasteiger partial charge in [-0.2, -0.15) is 0 Å². The third kappa shape index (κ3) is 4.97. The van der Waals surface area contributed by atoms with Crippen molar-refractivity contribution in [2.75, 3.05) is 49.7 Å². The summed E-state index contributed by atoms with van der Waals surface area (Å²) in [6.07, 6.45) is -1.99. The summed E-state index contributed by atoms with van der Waals surface area (Å²) in [6.45, 7) is 2.00. The van der Waals surface area contributed by atoms with Gasteiger partial charge in [-0.25, -0.2) is 9.18 Å². The molecule has 3 atom stereocenters. The maximum atomic E-state index is 14.8. The predicted molar refractivity (Wildman–Crippen MR) is 105 cm³/mol. The molecule has 3 rings (SSSR count). The number of hydrogen-bond donors (Lipinski definition) is 3. The van der Waals surface area contributed by atoms with Gasteiger partial charge >= 0.3 is 6.09 Å². The Bertz CT molecular complexity index is 822. The van der Waals surface area contributed by atoms with Gasteiger partial charge in [0.1, 0.15) is 18.5 Å². The summed E-state index contributed by atoms with van der Waals surface area (Å²) in [4.78, 5) is 37.7. The van der Waals surface area contributed by atoms with Gasteiger partial charge in [0, 0.05) is 27.1 Å². The Labute approximate surface area is 172 Å². The Balaban J connectivity index is 1.65.